The minimum Gasteiger partial charge on any atom is -0.489 e. The molecule has 0 saturated heterocycles. The van der Waals surface area contributed by atoms with E-state index in [-0.39, 0.29) is 11.5 Å². The first-order chi connectivity index (χ1) is 10.4. The van der Waals surface area contributed by atoms with Gasteiger partial charge >= 0.3 is 0 Å². The normalized spacial score (nSPS) is 11.4. The molecule has 0 N–H and O–H groups in total. The molecular formula is C16H17NO4S. The fraction of sp³-hybridized carbons (Fsp3) is 0.188. The lowest BCUT2D eigenvalue weighted by Crippen LogP contribution is -2.22. The van der Waals surface area contributed by atoms with E-state index in [0.717, 1.165) is 11.8 Å². The highest BCUT2D eigenvalue weighted by Crippen LogP contribution is 2.17. The molecule has 0 fully saturated rings. The van der Waals surface area contributed by atoms with E-state index in [1.165, 1.54) is 18.4 Å². The molecule has 0 heterocycles. The van der Waals surface area contributed by atoms with E-state index in [1.54, 1.807) is 48.5 Å². The van der Waals surface area contributed by atoms with Crippen LogP contribution in [0, 0.1) is 0 Å². The van der Waals surface area contributed by atoms with Crippen LogP contribution in [-0.2, 0) is 16.6 Å². The molecule has 2 rings (SSSR count). The maximum absolute atomic E-state index is 12.1. The molecular weight excluding hydrogens is 302 g/mol. The van der Waals surface area contributed by atoms with Crippen LogP contribution in [0.1, 0.15) is 15.9 Å². The van der Waals surface area contributed by atoms with E-state index in [9.17, 15) is 13.2 Å². The summed E-state index contributed by atoms with van der Waals surface area (Å²) >= 11 is 0. The lowest BCUT2D eigenvalue weighted by molar-refractivity contribution is 0.112. The van der Waals surface area contributed by atoms with Gasteiger partial charge in [-0.15, -0.1) is 0 Å². The Morgan fingerprint density at radius 1 is 1.09 bits per heavy atom. The van der Waals surface area contributed by atoms with E-state index in [2.05, 4.69) is 0 Å². The molecule has 0 amide bonds. The van der Waals surface area contributed by atoms with E-state index >= 15 is 0 Å². The highest BCUT2D eigenvalue weighted by atomic mass is 32.2. The van der Waals surface area contributed by atoms with Crippen LogP contribution in [0.4, 0.5) is 0 Å². The first-order valence-corrected chi connectivity index (χ1v) is 8.07. The predicted molar refractivity (Wildman–Crippen MR) is 83.5 cm³/mol. The zero-order valence-corrected chi connectivity index (χ0v) is 13.2. The van der Waals surface area contributed by atoms with Crippen LogP contribution in [0.25, 0.3) is 0 Å². The second-order valence-corrected chi connectivity index (χ2v) is 7.06. The largest absolute Gasteiger partial charge is 0.489 e. The summed E-state index contributed by atoms with van der Waals surface area (Å²) in [7, 11) is -0.466. The molecule has 116 valence electrons. The van der Waals surface area contributed by atoms with Crippen molar-refractivity contribution in [2.24, 2.45) is 0 Å². The van der Waals surface area contributed by atoms with Gasteiger partial charge < -0.3 is 4.74 Å². The summed E-state index contributed by atoms with van der Waals surface area (Å²) in [5.41, 5.74) is 1.33. The number of hydrogen-bond acceptors (Lipinski definition) is 4. The predicted octanol–water partition coefficient (Wildman–Crippen LogP) is 2.33. The maximum Gasteiger partial charge on any atom is 0.242 e. The Morgan fingerprint density at radius 3 is 2.36 bits per heavy atom. The summed E-state index contributed by atoms with van der Waals surface area (Å²) in [6.07, 6.45) is 0.763. The number of benzene rings is 2. The van der Waals surface area contributed by atoms with Crippen molar-refractivity contribution in [3.63, 3.8) is 0 Å². The first kappa shape index (κ1) is 16.2. The third kappa shape index (κ3) is 3.72. The molecule has 5 nitrogen and oxygen atoms in total. The first-order valence-electron chi connectivity index (χ1n) is 6.63. The molecule has 0 aliphatic heterocycles. The summed E-state index contributed by atoms with van der Waals surface area (Å²) in [4.78, 5) is 10.8. The Morgan fingerprint density at radius 2 is 1.77 bits per heavy atom. The molecule has 0 spiro atoms. The number of aldehydes is 1. The van der Waals surface area contributed by atoms with Gasteiger partial charge in [-0.25, -0.2) is 12.7 Å². The highest BCUT2D eigenvalue weighted by Gasteiger charge is 2.17. The molecule has 6 heteroatoms. The third-order valence-electron chi connectivity index (χ3n) is 3.10. The zero-order chi connectivity index (χ0) is 16.2. The second kappa shape index (κ2) is 6.72. The smallest absolute Gasteiger partial charge is 0.242 e. The average Bonchev–Trinajstić information content (AvgIpc) is 2.53. The topological polar surface area (TPSA) is 63.7 Å². The summed E-state index contributed by atoms with van der Waals surface area (Å²) < 4.78 is 30.9. The SMILES string of the molecule is CN(C)S(=O)(=O)c1cccc(COc2ccc(C=O)cc2)c1. The van der Waals surface area contributed by atoms with Gasteiger partial charge in [0.1, 0.15) is 18.6 Å². The average molecular weight is 319 g/mol. The van der Waals surface area contributed by atoms with Crippen LogP contribution in [0.15, 0.2) is 53.4 Å². The molecule has 0 unspecified atom stereocenters. The van der Waals surface area contributed by atoms with E-state index in [1.807, 2.05) is 0 Å². The molecule has 0 aliphatic rings. The van der Waals surface area contributed by atoms with Gasteiger partial charge in [-0.1, -0.05) is 12.1 Å². The van der Waals surface area contributed by atoms with Crippen molar-refractivity contribution >= 4 is 16.3 Å². The zero-order valence-electron chi connectivity index (χ0n) is 12.4. The van der Waals surface area contributed by atoms with Crippen molar-refractivity contribution in [3.8, 4) is 5.75 Å². The van der Waals surface area contributed by atoms with Crippen LogP contribution < -0.4 is 4.74 Å². The number of rotatable bonds is 6. The number of sulfonamides is 1. The van der Waals surface area contributed by atoms with Crippen molar-refractivity contribution in [1.82, 2.24) is 4.31 Å². The van der Waals surface area contributed by atoms with Crippen LogP contribution >= 0.6 is 0 Å². The van der Waals surface area contributed by atoms with Gasteiger partial charge in [-0.05, 0) is 42.0 Å². The molecule has 0 aromatic heterocycles. The molecule has 2 aromatic carbocycles. The standard InChI is InChI=1S/C16H17NO4S/c1-17(2)22(19,20)16-5-3-4-14(10-16)12-21-15-8-6-13(11-18)7-9-15/h3-11H,12H2,1-2H3. The maximum atomic E-state index is 12.1. The second-order valence-electron chi connectivity index (χ2n) is 4.91. The molecule has 0 radical (unpaired) electrons. The van der Waals surface area contributed by atoms with Crippen molar-refractivity contribution < 1.29 is 17.9 Å². The van der Waals surface area contributed by atoms with Crippen LogP contribution in [0.3, 0.4) is 0 Å². The summed E-state index contributed by atoms with van der Waals surface area (Å²) in [5.74, 6) is 0.617. The summed E-state index contributed by atoms with van der Waals surface area (Å²) in [5, 5.41) is 0. The lowest BCUT2D eigenvalue weighted by atomic mass is 10.2. The van der Waals surface area contributed by atoms with Crippen LogP contribution in [-0.4, -0.2) is 33.1 Å². The minimum atomic E-state index is -3.45. The third-order valence-corrected chi connectivity index (χ3v) is 4.91. The van der Waals surface area contributed by atoms with Crippen molar-refractivity contribution in [3.05, 3.63) is 59.7 Å². The van der Waals surface area contributed by atoms with E-state index in [4.69, 9.17) is 4.74 Å². The van der Waals surface area contributed by atoms with Crippen LogP contribution in [0.2, 0.25) is 0 Å². The highest BCUT2D eigenvalue weighted by molar-refractivity contribution is 7.89. The van der Waals surface area contributed by atoms with Gasteiger partial charge in [0, 0.05) is 19.7 Å². The van der Waals surface area contributed by atoms with E-state index in [0.29, 0.717) is 11.3 Å². The van der Waals surface area contributed by atoms with Crippen molar-refractivity contribution in [2.45, 2.75) is 11.5 Å². The Kier molecular flexibility index (Phi) is 4.95. The van der Waals surface area contributed by atoms with Gasteiger partial charge in [0.15, 0.2) is 0 Å². The Hall–Kier alpha value is -2.18. The molecule has 0 atom stereocenters. The quantitative estimate of drug-likeness (QED) is 0.767. The summed E-state index contributed by atoms with van der Waals surface area (Å²) in [6, 6.07) is 13.4. The van der Waals surface area contributed by atoms with Gasteiger partial charge in [0.25, 0.3) is 0 Å². The van der Waals surface area contributed by atoms with Gasteiger partial charge in [-0.3, -0.25) is 4.79 Å². The molecule has 22 heavy (non-hydrogen) atoms. The number of carbonyl (C=O) groups is 1. The number of nitrogens with zero attached hydrogens (tertiary/aromatic N) is 1. The van der Waals surface area contributed by atoms with Crippen LogP contribution in [0.5, 0.6) is 5.75 Å². The van der Waals surface area contributed by atoms with Crippen molar-refractivity contribution in [1.29, 1.82) is 0 Å². The van der Waals surface area contributed by atoms with E-state index < -0.39 is 10.0 Å². The summed E-state index contributed by atoms with van der Waals surface area (Å²) in [6.45, 7) is 0.247. The fourth-order valence-electron chi connectivity index (χ4n) is 1.82. The Balaban J connectivity index is 2.12. The van der Waals surface area contributed by atoms with Gasteiger partial charge in [0.05, 0.1) is 4.90 Å². The monoisotopic (exact) mass is 319 g/mol. The number of hydrogen-bond donors (Lipinski definition) is 0. The Labute approximate surface area is 130 Å². The molecule has 2 aromatic rings. The number of ether oxygens (including phenoxy) is 1. The molecule has 0 bridgehead atoms. The lowest BCUT2D eigenvalue weighted by Gasteiger charge is -2.12. The molecule has 0 saturated carbocycles. The number of carbonyl (C=O) groups excluding carboxylic acids is 1. The minimum absolute atomic E-state index is 0.231. The van der Waals surface area contributed by atoms with Crippen molar-refractivity contribution in [2.75, 3.05) is 14.1 Å². The Bertz CT molecular complexity index is 752. The molecule has 0 aliphatic carbocycles. The van der Waals surface area contributed by atoms with Gasteiger partial charge in [0.2, 0.25) is 10.0 Å². The fourth-order valence-corrected chi connectivity index (χ4v) is 2.79. The van der Waals surface area contributed by atoms with Gasteiger partial charge in [-0.2, -0.15) is 0 Å².